The van der Waals surface area contributed by atoms with E-state index >= 15 is 0 Å². The predicted octanol–water partition coefficient (Wildman–Crippen LogP) is 2.38. The first kappa shape index (κ1) is 15.9. The lowest BCUT2D eigenvalue weighted by Gasteiger charge is -2.09. The largest absolute Gasteiger partial charge is 0.315 e. The van der Waals surface area contributed by atoms with Gasteiger partial charge in [0.25, 0.3) is 0 Å². The highest BCUT2D eigenvalue weighted by molar-refractivity contribution is 9.10. The Kier molecular flexibility index (Phi) is 6.59. The van der Waals surface area contributed by atoms with Crippen LogP contribution in [0, 0.1) is 0 Å². The van der Waals surface area contributed by atoms with E-state index in [0.717, 1.165) is 17.4 Å². The number of benzene rings is 1. The first-order chi connectivity index (χ1) is 8.47. The van der Waals surface area contributed by atoms with Gasteiger partial charge in [0.1, 0.15) is 4.90 Å². The fourth-order valence-electron chi connectivity index (χ4n) is 1.35. The van der Waals surface area contributed by atoms with Gasteiger partial charge < -0.3 is 5.32 Å². The SMILES string of the molecule is CCCNCCNS(=O)(=O)c1ccc(Br)cc1Cl. The minimum atomic E-state index is -3.54. The molecule has 0 saturated heterocycles. The third-order valence-corrected chi connectivity index (χ3v) is 4.64. The molecule has 2 N–H and O–H groups in total. The molecule has 102 valence electrons. The third-order valence-electron chi connectivity index (χ3n) is 2.20. The van der Waals surface area contributed by atoms with E-state index in [4.69, 9.17) is 11.6 Å². The average molecular weight is 356 g/mol. The zero-order valence-electron chi connectivity index (χ0n) is 10.0. The van der Waals surface area contributed by atoms with E-state index in [1.165, 1.54) is 6.07 Å². The standard InChI is InChI=1S/C11H16BrClN2O2S/c1-2-5-14-6-7-15-18(16,17)11-4-3-9(12)8-10(11)13/h3-4,8,14-15H,2,5-7H2,1H3. The Labute approximate surface area is 121 Å². The number of sulfonamides is 1. The van der Waals surface area contributed by atoms with Crippen LogP contribution in [-0.4, -0.2) is 28.1 Å². The summed E-state index contributed by atoms with van der Waals surface area (Å²) in [5.41, 5.74) is 0. The van der Waals surface area contributed by atoms with Crippen molar-refractivity contribution in [3.63, 3.8) is 0 Å². The number of hydrogen-bond acceptors (Lipinski definition) is 3. The summed E-state index contributed by atoms with van der Waals surface area (Å²) < 4.78 is 27.2. The molecular formula is C11H16BrClN2O2S. The van der Waals surface area contributed by atoms with Gasteiger partial charge in [-0.2, -0.15) is 0 Å². The molecular weight excluding hydrogens is 340 g/mol. The van der Waals surface area contributed by atoms with Crippen molar-refractivity contribution in [3.05, 3.63) is 27.7 Å². The molecule has 0 aliphatic carbocycles. The Hall–Kier alpha value is -0.140. The number of hydrogen-bond donors (Lipinski definition) is 2. The molecule has 0 heterocycles. The van der Waals surface area contributed by atoms with E-state index < -0.39 is 10.0 Å². The van der Waals surface area contributed by atoms with Gasteiger partial charge >= 0.3 is 0 Å². The summed E-state index contributed by atoms with van der Waals surface area (Å²) in [5.74, 6) is 0. The number of rotatable bonds is 7. The van der Waals surface area contributed by atoms with Gasteiger partial charge in [-0.3, -0.25) is 0 Å². The molecule has 0 aliphatic heterocycles. The Morgan fingerprint density at radius 3 is 2.61 bits per heavy atom. The first-order valence-corrected chi connectivity index (χ1v) is 8.28. The maximum absolute atomic E-state index is 12.0. The second kappa shape index (κ2) is 7.45. The summed E-state index contributed by atoms with van der Waals surface area (Å²) in [4.78, 5) is 0.0999. The molecule has 0 radical (unpaired) electrons. The monoisotopic (exact) mass is 354 g/mol. The van der Waals surface area contributed by atoms with Crippen LogP contribution in [0.5, 0.6) is 0 Å². The zero-order chi connectivity index (χ0) is 13.6. The van der Waals surface area contributed by atoms with E-state index in [0.29, 0.717) is 13.1 Å². The van der Waals surface area contributed by atoms with Crippen LogP contribution in [0.15, 0.2) is 27.6 Å². The molecule has 0 fully saturated rings. The van der Waals surface area contributed by atoms with Crippen LogP contribution in [0.1, 0.15) is 13.3 Å². The Morgan fingerprint density at radius 1 is 1.28 bits per heavy atom. The van der Waals surface area contributed by atoms with E-state index in [9.17, 15) is 8.42 Å². The van der Waals surface area contributed by atoms with Crippen molar-refractivity contribution in [2.45, 2.75) is 18.2 Å². The Balaban J connectivity index is 2.63. The smallest absolute Gasteiger partial charge is 0.242 e. The fraction of sp³-hybridized carbons (Fsp3) is 0.455. The summed E-state index contributed by atoms with van der Waals surface area (Å²) in [5, 5.41) is 3.32. The lowest BCUT2D eigenvalue weighted by Crippen LogP contribution is -2.32. The molecule has 7 heteroatoms. The van der Waals surface area contributed by atoms with Crippen molar-refractivity contribution in [1.29, 1.82) is 0 Å². The molecule has 0 aliphatic rings. The lowest BCUT2D eigenvalue weighted by molar-refractivity contribution is 0.575. The topological polar surface area (TPSA) is 58.2 Å². The summed E-state index contributed by atoms with van der Waals surface area (Å²) in [6.45, 7) is 3.87. The molecule has 1 aromatic rings. The summed E-state index contributed by atoms with van der Waals surface area (Å²) in [6, 6.07) is 4.69. The van der Waals surface area contributed by atoms with Crippen molar-refractivity contribution in [2.75, 3.05) is 19.6 Å². The minimum absolute atomic E-state index is 0.0999. The van der Waals surface area contributed by atoms with E-state index in [-0.39, 0.29) is 9.92 Å². The Bertz CT molecular complexity index is 494. The van der Waals surface area contributed by atoms with E-state index in [1.54, 1.807) is 12.1 Å². The van der Waals surface area contributed by atoms with Crippen LogP contribution in [0.3, 0.4) is 0 Å². The Morgan fingerprint density at radius 2 is 2.00 bits per heavy atom. The molecule has 4 nitrogen and oxygen atoms in total. The fourth-order valence-corrected chi connectivity index (χ4v) is 3.41. The second-order valence-corrected chi connectivity index (χ2v) is 6.78. The van der Waals surface area contributed by atoms with Gasteiger partial charge in [-0.15, -0.1) is 0 Å². The predicted molar refractivity (Wildman–Crippen MR) is 77.5 cm³/mol. The van der Waals surface area contributed by atoms with E-state index in [2.05, 4.69) is 32.9 Å². The highest BCUT2D eigenvalue weighted by Gasteiger charge is 2.17. The molecule has 0 atom stereocenters. The van der Waals surface area contributed by atoms with Crippen LogP contribution in [0.2, 0.25) is 5.02 Å². The number of nitrogens with one attached hydrogen (secondary N) is 2. The van der Waals surface area contributed by atoms with Crippen molar-refractivity contribution >= 4 is 37.6 Å². The maximum Gasteiger partial charge on any atom is 0.242 e. The second-order valence-electron chi connectivity index (χ2n) is 3.72. The molecule has 0 spiro atoms. The van der Waals surface area contributed by atoms with Gasteiger partial charge in [0.15, 0.2) is 0 Å². The van der Waals surface area contributed by atoms with Gasteiger partial charge in [0.05, 0.1) is 5.02 Å². The quantitative estimate of drug-likeness (QED) is 0.738. The number of halogens is 2. The van der Waals surface area contributed by atoms with Crippen LogP contribution in [-0.2, 0) is 10.0 Å². The van der Waals surface area contributed by atoms with Gasteiger partial charge in [-0.05, 0) is 31.2 Å². The molecule has 0 unspecified atom stereocenters. The highest BCUT2D eigenvalue weighted by Crippen LogP contribution is 2.24. The van der Waals surface area contributed by atoms with Crippen molar-refractivity contribution in [2.24, 2.45) is 0 Å². The molecule has 1 rings (SSSR count). The van der Waals surface area contributed by atoms with Crippen molar-refractivity contribution in [1.82, 2.24) is 10.0 Å². The molecule has 18 heavy (non-hydrogen) atoms. The van der Waals surface area contributed by atoms with Crippen LogP contribution < -0.4 is 10.0 Å². The van der Waals surface area contributed by atoms with Gasteiger partial charge in [-0.1, -0.05) is 34.5 Å². The molecule has 0 saturated carbocycles. The summed E-state index contributed by atoms with van der Waals surface area (Å²) >= 11 is 9.15. The lowest BCUT2D eigenvalue weighted by atomic mass is 10.4. The van der Waals surface area contributed by atoms with Crippen molar-refractivity contribution < 1.29 is 8.42 Å². The highest BCUT2D eigenvalue weighted by atomic mass is 79.9. The van der Waals surface area contributed by atoms with Gasteiger partial charge in [0, 0.05) is 17.6 Å². The van der Waals surface area contributed by atoms with E-state index in [1.807, 2.05) is 0 Å². The normalized spacial score (nSPS) is 11.7. The first-order valence-electron chi connectivity index (χ1n) is 5.63. The zero-order valence-corrected chi connectivity index (χ0v) is 13.2. The van der Waals surface area contributed by atoms with Crippen LogP contribution >= 0.6 is 27.5 Å². The summed E-state index contributed by atoms with van der Waals surface area (Å²) in [7, 11) is -3.54. The molecule has 0 amide bonds. The van der Waals surface area contributed by atoms with Gasteiger partial charge in [0.2, 0.25) is 10.0 Å². The molecule has 0 bridgehead atoms. The van der Waals surface area contributed by atoms with Gasteiger partial charge in [-0.25, -0.2) is 13.1 Å². The molecule has 0 aromatic heterocycles. The minimum Gasteiger partial charge on any atom is -0.315 e. The average Bonchev–Trinajstić information content (AvgIpc) is 2.28. The van der Waals surface area contributed by atoms with Crippen LogP contribution in [0.25, 0.3) is 0 Å². The summed E-state index contributed by atoms with van der Waals surface area (Å²) in [6.07, 6.45) is 1.02. The van der Waals surface area contributed by atoms with Crippen LogP contribution in [0.4, 0.5) is 0 Å². The van der Waals surface area contributed by atoms with Crippen molar-refractivity contribution in [3.8, 4) is 0 Å². The third kappa shape index (κ3) is 4.85. The maximum atomic E-state index is 12.0. The molecule has 1 aromatic carbocycles.